The van der Waals surface area contributed by atoms with Crippen LogP contribution in [-0.4, -0.2) is 83.2 Å². The predicted molar refractivity (Wildman–Crippen MR) is 101 cm³/mol. The number of halogens is 2. The molecule has 8 nitrogen and oxygen atoms in total. The largest absolute Gasteiger partial charge is 0.338 e. The Balaban J connectivity index is 1.67. The van der Waals surface area contributed by atoms with Crippen molar-refractivity contribution in [3.63, 3.8) is 0 Å². The van der Waals surface area contributed by atoms with Gasteiger partial charge in [0, 0.05) is 49.9 Å². The first-order valence-corrected chi connectivity index (χ1v) is 9.63. The van der Waals surface area contributed by atoms with Crippen molar-refractivity contribution in [2.45, 2.75) is 32.2 Å². The Labute approximate surface area is 167 Å². The normalized spacial score (nSPS) is 20.3. The minimum atomic E-state index is -2.40. The van der Waals surface area contributed by atoms with Gasteiger partial charge in [-0.15, -0.1) is 0 Å². The van der Waals surface area contributed by atoms with E-state index in [0.29, 0.717) is 56.7 Å². The van der Waals surface area contributed by atoms with E-state index in [-0.39, 0.29) is 24.0 Å². The fraction of sp³-hybridized carbons (Fsp3) is 0.579. The summed E-state index contributed by atoms with van der Waals surface area (Å²) in [5.41, 5.74) is 0.643. The summed E-state index contributed by atoms with van der Waals surface area (Å²) in [5, 5.41) is 11.0. The molecule has 0 aliphatic carbocycles. The summed E-state index contributed by atoms with van der Waals surface area (Å²) in [6, 6.07) is 3.61. The van der Waals surface area contributed by atoms with Crippen molar-refractivity contribution >= 4 is 17.5 Å². The summed E-state index contributed by atoms with van der Waals surface area (Å²) in [5.74, 6) is -0.485. The van der Waals surface area contributed by atoms with Gasteiger partial charge in [-0.1, -0.05) is 0 Å². The number of benzene rings is 1. The van der Waals surface area contributed by atoms with Crippen molar-refractivity contribution in [1.29, 1.82) is 0 Å². The van der Waals surface area contributed by atoms with Crippen molar-refractivity contribution in [3.05, 3.63) is 39.4 Å². The van der Waals surface area contributed by atoms with E-state index in [2.05, 4.69) is 0 Å². The highest BCUT2D eigenvalue weighted by atomic mass is 19.3. The zero-order chi connectivity index (χ0) is 21.1. The van der Waals surface area contributed by atoms with Crippen molar-refractivity contribution in [1.82, 2.24) is 14.7 Å². The molecule has 10 heteroatoms. The first-order valence-electron chi connectivity index (χ1n) is 9.63. The molecule has 1 aromatic carbocycles. The van der Waals surface area contributed by atoms with Gasteiger partial charge < -0.3 is 9.80 Å². The molecule has 1 atom stereocenters. The zero-order valence-corrected chi connectivity index (χ0v) is 16.2. The Kier molecular flexibility index (Phi) is 6.41. The van der Waals surface area contributed by atoms with Gasteiger partial charge in [0.05, 0.1) is 11.5 Å². The standard InChI is InChI=1S/C19H24F2N4O4/c1-13-11-14(4-5-15(13)25(28)29)18(26)24-6-2-3-16(24)19(27)23-9-7-22(8-10-23)12-17(20)21/h4-5,11,16-17H,2-3,6-10,12H2,1H3. The summed E-state index contributed by atoms with van der Waals surface area (Å²) in [4.78, 5) is 41.2. The van der Waals surface area contributed by atoms with E-state index in [0.717, 1.165) is 0 Å². The monoisotopic (exact) mass is 410 g/mol. The number of hydrogen-bond acceptors (Lipinski definition) is 5. The number of alkyl halides is 2. The second-order valence-electron chi connectivity index (χ2n) is 7.43. The number of carbonyl (C=O) groups excluding carboxylic acids is 2. The third-order valence-corrected chi connectivity index (χ3v) is 5.52. The number of piperazine rings is 1. The Morgan fingerprint density at radius 1 is 1.21 bits per heavy atom. The van der Waals surface area contributed by atoms with Gasteiger partial charge in [-0.2, -0.15) is 0 Å². The highest BCUT2D eigenvalue weighted by Gasteiger charge is 2.38. The zero-order valence-electron chi connectivity index (χ0n) is 16.2. The molecular formula is C19H24F2N4O4. The summed E-state index contributed by atoms with van der Waals surface area (Å²) in [6.07, 6.45) is -1.15. The molecule has 158 valence electrons. The number of carbonyl (C=O) groups is 2. The maximum Gasteiger partial charge on any atom is 0.272 e. The van der Waals surface area contributed by atoms with Crippen LogP contribution in [0.25, 0.3) is 0 Å². The molecule has 0 aromatic heterocycles. The van der Waals surface area contributed by atoms with Crippen LogP contribution < -0.4 is 0 Å². The van der Waals surface area contributed by atoms with Crippen LogP contribution in [0.3, 0.4) is 0 Å². The van der Waals surface area contributed by atoms with Gasteiger partial charge in [0.25, 0.3) is 18.0 Å². The summed E-state index contributed by atoms with van der Waals surface area (Å²) in [6.45, 7) is 3.21. The molecule has 0 bridgehead atoms. The minimum absolute atomic E-state index is 0.0581. The number of nitro groups is 1. The van der Waals surface area contributed by atoms with Gasteiger partial charge >= 0.3 is 0 Å². The van der Waals surface area contributed by atoms with Gasteiger partial charge in [0.15, 0.2) is 0 Å². The smallest absolute Gasteiger partial charge is 0.272 e. The first-order chi connectivity index (χ1) is 13.8. The molecule has 2 amide bonds. The highest BCUT2D eigenvalue weighted by Crippen LogP contribution is 2.25. The van der Waals surface area contributed by atoms with E-state index < -0.39 is 17.4 Å². The van der Waals surface area contributed by atoms with E-state index >= 15 is 0 Å². The number of aryl methyl sites for hydroxylation is 1. The maximum atomic E-state index is 13.0. The Morgan fingerprint density at radius 2 is 1.90 bits per heavy atom. The SMILES string of the molecule is Cc1cc(C(=O)N2CCCC2C(=O)N2CCN(CC(F)F)CC2)ccc1[N+](=O)[O-]. The summed E-state index contributed by atoms with van der Waals surface area (Å²) in [7, 11) is 0. The molecule has 2 aliphatic heterocycles. The predicted octanol–water partition coefficient (Wildman–Crippen LogP) is 1.92. The van der Waals surface area contributed by atoms with Gasteiger partial charge in [-0.05, 0) is 31.9 Å². The fourth-order valence-electron chi connectivity index (χ4n) is 3.98. The number of nitro benzene ring substituents is 1. The topological polar surface area (TPSA) is 87.0 Å². The molecule has 2 fully saturated rings. The van der Waals surface area contributed by atoms with E-state index in [1.165, 1.54) is 23.1 Å². The second-order valence-corrected chi connectivity index (χ2v) is 7.43. The quantitative estimate of drug-likeness (QED) is 0.547. The van der Waals surface area contributed by atoms with Crippen LogP contribution in [0.15, 0.2) is 18.2 Å². The molecule has 1 aromatic rings. The summed E-state index contributed by atoms with van der Waals surface area (Å²) < 4.78 is 25.0. The van der Waals surface area contributed by atoms with Gasteiger partial charge in [0.1, 0.15) is 6.04 Å². The summed E-state index contributed by atoms with van der Waals surface area (Å²) >= 11 is 0. The number of nitrogens with zero attached hydrogens (tertiary/aromatic N) is 4. The van der Waals surface area contributed by atoms with E-state index in [1.807, 2.05) is 0 Å². The number of rotatable bonds is 5. The van der Waals surface area contributed by atoms with Gasteiger partial charge in [-0.3, -0.25) is 24.6 Å². The third-order valence-electron chi connectivity index (χ3n) is 5.52. The van der Waals surface area contributed by atoms with E-state index in [4.69, 9.17) is 0 Å². The van der Waals surface area contributed by atoms with Crippen molar-refractivity contribution in [2.75, 3.05) is 39.3 Å². The van der Waals surface area contributed by atoms with Crippen LogP contribution in [0.4, 0.5) is 14.5 Å². The number of hydrogen-bond donors (Lipinski definition) is 0. The van der Waals surface area contributed by atoms with Crippen molar-refractivity contribution in [2.24, 2.45) is 0 Å². The molecule has 0 radical (unpaired) electrons. The lowest BCUT2D eigenvalue weighted by Gasteiger charge is -2.37. The van der Waals surface area contributed by atoms with E-state index in [1.54, 1.807) is 16.7 Å². The average Bonchev–Trinajstić information content (AvgIpc) is 3.16. The molecule has 2 saturated heterocycles. The van der Waals surface area contributed by atoms with Crippen LogP contribution in [0.2, 0.25) is 0 Å². The Hall–Kier alpha value is -2.62. The molecule has 0 N–H and O–H groups in total. The van der Waals surface area contributed by atoms with E-state index in [9.17, 15) is 28.5 Å². The minimum Gasteiger partial charge on any atom is -0.338 e. The highest BCUT2D eigenvalue weighted by molar-refractivity contribution is 5.98. The molecular weight excluding hydrogens is 386 g/mol. The van der Waals surface area contributed by atoms with Gasteiger partial charge in [0.2, 0.25) is 5.91 Å². The van der Waals surface area contributed by atoms with Crippen molar-refractivity contribution in [3.8, 4) is 0 Å². The van der Waals surface area contributed by atoms with Crippen LogP contribution in [0.5, 0.6) is 0 Å². The molecule has 2 aliphatic rings. The molecule has 1 unspecified atom stereocenters. The Morgan fingerprint density at radius 3 is 2.48 bits per heavy atom. The third kappa shape index (κ3) is 4.69. The molecule has 2 heterocycles. The average molecular weight is 410 g/mol. The van der Waals surface area contributed by atoms with Crippen LogP contribution in [0.1, 0.15) is 28.8 Å². The Bertz CT molecular complexity index is 796. The van der Waals surface area contributed by atoms with Crippen LogP contribution in [0, 0.1) is 17.0 Å². The molecule has 29 heavy (non-hydrogen) atoms. The lowest BCUT2D eigenvalue weighted by Crippen LogP contribution is -2.54. The van der Waals surface area contributed by atoms with Crippen molar-refractivity contribution < 1.29 is 23.3 Å². The second kappa shape index (κ2) is 8.81. The lowest BCUT2D eigenvalue weighted by molar-refractivity contribution is -0.385. The van der Waals surface area contributed by atoms with Crippen LogP contribution in [-0.2, 0) is 4.79 Å². The molecule has 0 spiro atoms. The fourth-order valence-corrected chi connectivity index (χ4v) is 3.98. The number of likely N-dealkylation sites (tertiary alicyclic amines) is 1. The maximum absolute atomic E-state index is 13.0. The lowest BCUT2D eigenvalue weighted by atomic mass is 10.1. The van der Waals surface area contributed by atoms with Gasteiger partial charge in [-0.25, -0.2) is 8.78 Å². The molecule has 0 saturated carbocycles. The first kappa shape index (κ1) is 21.1. The van der Waals surface area contributed by atoms with Crippen LogP contribution >= 0.6 is 0 Å². The molecule has 3 rings (SSSR count). The number of amides is 2.